The summed E-state index contributed by atoms with van der Waals surface area (Å²) in [6, 6.07) is 4.80. The van der Waals surface area contributed by atoms with E-state index < -0.39 is 17.6 Å². The Morgan fingerprint density at radius 2 is 1.95 bits per heavy atom. The number of halogens is 4. The van der Waals surface area contributed by atoms with Gasteiger partial charge in [0, 0.05) is 0 Å². The molecule has 1 aromatic carbocycles. The second-order valence-corrected chi connectivity index (χ2v) is 5.11. The van der Waals surface area contributed by atoms with Gasteiger partial charge < -0.3 is 5.32 Å². The minimum absolute atomic E-state index is 0.217. The number of carbonyl (C=O) groups is 1. The smallest absolute Gasteiger partial charge is 0.324 e. The number of nitrogens with one attached hydrogen (secondary N) is 1. The molecule has 0 bridgehead atoms. The fourth-order valence-electron chi connectivity index (χ4n) is 1.99. The van der Waals surface area contributed by atoms with E-state index >= 15 is 0 Å². The number of nitrogens with zero attached hydrogens (tertiary/aromatic N) is 2. The Morgan fingerprint density at radius 1 is 1.32 bits per heavy atom. The Labute approximate surface area is 129 Å². The number of aromatic nitrogens is 2. The van der Waals surface area contributed by atoms with Crippen LogP contribution in [-0.4, -0.2) is 15.7 Å². The number of benzene rings is 1. The molecule has 0 aliphatic rings. The van der Waals surface area contributed by atoms with Crippen LogP contribution >= 0.6 is 11.6 Å². The first-order valence-electron chi connectivity index (χ1n) is 6.35. The summed E-state index contributed by atoms with van der Waals surface area (Å²) in [6.07, 6.45) is -4.54. The van der Waals surface area contributed by atoms with Crippen LogP contribution in [0, 0.1) is 13.8 Å². The van der Waals surface area contributed by atoms with Crippen LogP contribution in [0.1, 0.15) is 17.0 Å². The molecular weight excluding hydrogens is 319 g/mol. The van der Waals surface area contributed by atoms with Crippen molar-refractivity contribution in [2.45, 2.75) is 26.6 Å². The van der Waals surface area contributed by atoms with Crippen LogP contribution in [-0.2, 0) is 17.5 Å². The third-order valence-electron chi connectivity index (χ3n) is 3.09. The predicted octanol–water partition coefficient (Wildman–Crippen LogP) is 3.81. The minimum atomic E-state index is -4.54. The lowest BCUT2D eigenvalue weighted by Gasteiger charge is -2.13. The second-order valence-electron chi connectivity index (χ2n) is 4.73. The molecule has 0 saturated carbocycles. The molecule has 0 fully saturated rings. The number of carbonyl (C=O) groups excluding carboxylic acids is 1. The molecule has 0 saturated heterocycles. The normalized spacial score (nSPS) is 11.5. The molecule has 0 aliphatic heterocycles. The molecular formula is C14H13ClF3N3O. The van der Waals surface area contributed by atoms with Gasteiger partial charge in [0.15, 0.2) is 0 Å². The molecule has 0 atom stereocenters. The summed E-state index contributed by atoms with van der Waals surface area (Å²) in [4.78, 5) is 12.0. The molecule has 0 aliphatic carbocycles. The van der Waals surface area contributed by atoms with Crippen molar-refractivity contribution in [1.29, 1.82) is 0 Å². The van der Waals surface area contributed by atoms with Crippen molar-refractivity contribution in [2.24, 2.45) is 0 Å². The monoisotopic (exact) mass is 331 g/mol. The topological polar surface area (TPSA) is 46.9 Å². The van der Waals surface area contributed by atoms with E-state index in [9.17, 15) is 18.0 Å². The number of anilines is 1. The maximum atomic E-state index is 12.9. The lowest BCUT2D eigenvalue weighted by Crippen LogP contribution is -2.22. The van der Waals surface area contributed by atoms with Gasteiger partial charge in [0.05, 0.1) is 27.7 Å². The standard InChI is InChI=1S/C14H13ClF3N3O/c1-8-13(15)9(2)21(20-8)7-12(22)19-11-6-4-3-5-10(11)14(16,17)18/h3-6H,7H2,1-2H3,(H,19,22). The fourth-order valence-corrected chi connectivity index (χ4v) is 2.13. The highest BCUT2D eigenvalue weighted by molar-refractivity contribution is 6.31. The molecule has 0 radical (unpaired) electrons. The van der Waals surface area contributed by atoms with Gasteiger partial charge in [0.1, 0.15) is 6.54 Å². The molecule has 8 heteroatoms. The summed E-state index contributed by atoms with van der Waals surface area (Å²) in [6.45, 7) is 3.15. The average molecular weight is 332 g/mol. The molecule has 118 valence electrons. The molecule has 2 aromatic rings. The molecule has 1 amide bonds. The van der Waals surface area contributed by atoms with Crippen LogP contribution in [0.25, 0.3) is 0 Å². The van der Waals surface area contributed by atoms with Crippen molar-refractivity contribution >= 4 is 23.2 Å². The largest absolute Gasteiger partial charge is 0.418 e. The van der Waals surface area contributed by atoms with Gasteiger partial charge in [0.25, 0.3) is 0 Å². The van der Waals surface area contributed by atoms with E-state index in [-0.39, 0.29) is 12.2 Å². The van der Waals surface area contributed by atoms with Crippen LogP contribution in [0.2, 0.25) is 5.02 Å². The second kappa shape index (κ2) is 6.00. The van der Waals surface area contributed by atoms with Crippen LogP contribution in [0.4, 0.5) is 18.9 Å². The van der Waals surface area contributed by atoms with E-state index in [1.165, 1.54) is 22.9 Å². The summed E-state index contributed by atoms with van der Waals surface area (Å²) in [5, 5.41) is 6.76. The molecule has 1 aromatic heterocycles. The predicted molar refractivity (Wildman–Crippen MR) is 76.8 cm³/mol. The molecule has 1 N–H and O–H groups in total. The number of amides is 1. The summed E-state index contributed by atoms with van der Waals surface area (Å²) >= 11 is 5.96. The van der Waals surface area contributed by atoms with Crippen molar-refractivity contribution in [1.82, 2.24) is 9.78 Å². The van der Waals surface area contributed by atoms with Gasteiger partial charge in [-0.2, -0.15) is 18.3 Å². The van der Waals surface area contributed by atoms with E-state index in [0.717, 1.165) is 6.07 Å². The molecule has 2 rings (SSSR count). The Bertz CT molecular complexity index is 710. The summed E-state index contributed by atoms with van der Waals surface area (Å²) in [7, 11) is 0. The number of rotatable bonds is 3. The molecule has 22 heavy (non-hydrogen) atoms. The Balaban J connectivity index is 2.18. The zero-order valence-corrected chi connectivity index (χ0v) is 12.6. The first-order valence-corrected chi connectivity index (χ1v) is 6.73. The van der Waals surface area contributed by atoms with Gasteiger partial charge in [-0.3, -0.25) is 9.48 Å². The van der Waals surface area contributed by atoms with E-state index in [1.807, 2.05) is 0 Å². The maximum Gasteiger partial charge on any atom is 0.418 e. The first kappa shape index (κ1) is 16.4. The van der Waals surface area contributed by atoms with Crippen molar-refractivity contribution in [3.05, 3.63) is 46.2 Å². The van der Waals surface area contributed by atoms with Gasteiger partial charge in [-0.05, 0) is 26.0 Å². The van der Waals surface area contributed by atoms with Gasteiger partial charge >= 0.3 is 6.18 Å². The van der Waals surface area contributed by atoms with E-state index in [4.69, 9.17) is 11.6 Å². The molecule has 0 unspecified atom stereocenters. The quantitative estimate of drug-likeness (QED) is 0.929. The van der Waals surface area contributed by atoms with Crippen molar-refractivity contribution in [3.8, 4) is 0 Å². The summed E-state index contributed by atoms with van der Waals surface area (Å²) in [5.41, 5.74) is -0.0385. The highest BCUT2D eigenvalue weighted by Crippen LogP contribution is 2.34. The number of aryl methyl sites for hydroxylation is 1. The van der Waals surface area contributed by atoms with Gasteiger partial charge in [-0.15, -0.1) is 0 Å². The van der Waals surface area contributed by atoms with Crippen LogP contribution < -0.4 is 5.32 Å². The number of alkyl halides is 3. The zero-order valence-electron chi connectivity index (χ0n) is 11.8. The molecule has 4 nitrogen and oxygen atoms in total. The maximum absolute atomic E-state index is 12.9. The zero-order chi connectivity index (χ0) is 16.5. The fraction of sp³-hybridized carbons (Fsp3) is 0.286. The van der Waals surface area contributed by atoms with Gasteiger partial charge in [0.2, 0.25) is 5.91 Å². The van der Waals surface area contributed by atoms with E-state index in [1.54, 1.807) is 13.8 Å². The number of para-hydroxylation sites is 1. The summed E-state index contributed by atoms with van der Waals surface area (Å²) < 4.78 is 39.9. The lowest BCUT2D eigenvalue weighted by molar-refractivity contribution is -0.137. The highest BCUT2D eigenvalue weighted by atomic mass is 35.5. The van der Waals surface area contributed by atoms with Crippen molar-refractivity contribution in [2.75, 3.05) is 5.32 Å². The van der Waals surface area contributed by atoms with Crippen molar-refractivity contribution in [3.63, 3.8) is 0 Å². The summed E-state index contributed by atoms with van der Waals surface area (Å²) in [5.74, 6) is -0.612. The van der Waals surface area contributed by atoms with Crippen molar-refractivity contribution < 1.29 is 18.0 Å². The third kappa shape index (κ3) is 3.41. The molecule has 1 heterocycles. The Kier molecular flexibility index (Phi) is 4.46. The van der Waals surface area contributed by atoms with E-state index in [2.05, 4.69) is 10.4 Å². The number of hydrogen-bond acceptors (Lipinski definition) is 2. The van der Waals surface area contributed by atoms with E-state index in [0.29, 0.717) is 16.4 Å². The minimum Gasteiger partial charge on any atom is -0.324 e. The third-order valence-corrected chi connectivity index (χ3v) is 3.64. The first-order chi connectivity index (χ1) is 10.2. The SMILES string of the molecule is Cc1nn(CC(=O)Nc2ccccc2C(F)(F)F)c(C)c1Cl. The highest BCUT2D eigenvalue weighted by Gasteiger charge is 2.33. The van der Waals surface area contributed by atoms with Crippen LogP contribution in [0.15, 0.2) is 24.3 Å². The Morgan fingerprint density at radius 3 is 2.50 bits per heavy atom. The van der Waals surface area contributed by atoms with Gasteiger partial charge in [-0.1, -0.05) is 23.7 Å². The van der Waals surface area contributed by atoms with Crippen LogP contribution in [0.5, 0.6) is 0 Å². The molecule has 0 spiro atoms. The Hall–Kier alpha value is -2.02. The average Bonchev–Trinajstić information content (AvgIpc) is 2.65. The van der Waals surface area contributed by atoms with Gasteiger partial charge in [-0.25, -0.2) is 0 Å². The lowest BCUT2D eigenvalue weighted by atomic mass is 10.1. The van der Waals surface area contributed by atoms with Crippen LogP contribution in [0.3, 0.4) is 0 Å². The number of hydrogen-bond donors (Lipinski definition) is 1.